The van der Waals surface area contributed by atoms with Gasteiger partial charge in [-0.2, -0.15) is 0 Å². The molecule has 0 spiro atoms. The summed E-state index contributed by atoms with van der Waals surface area (Å²) in [6.45, 7) is 4.79. The molecule has 6 nitrogen and oxygen atoms in total. The summed E-state index contributed by atoms with van der Waals surface area (Å²) in [4.78, 5) is 17.8. The molecule has 0 bridgehead atoms. The van der Waals surface area contributed by atoms with E-state index in [0.717, 1.165) is 0 Å². The topological polar surface area (TPSA) is 80.5 Å². The lowest BCUT2D eigenvalue weighted by Crippen LogP contribution is -2.40. The summed E-state index contributed by atoms with van der Waals surface area (Å²) in [6.07, 6.45) is 1.59. The molecule has 122 valence electrons. The highest BCUT2D eigenvalue weighted by molar-refractivity contribution is 6.33. The highest BCUT2D eigenvalue weighted by Gasteiger charge is 2.15. The van der Waals surface area contributed by atoms with Crippen molar-refractivity contribution in [2.75, 3.05) is 23.7 Å². The highest BCUT2D eigenvalue weighted by atomic mass is 35.5. The molecule has 1 aromatic carbocycles. The molecule has 0 saturated heterocycles. The van der Waals surface area contributed by atoms with Gasteiger partial charge in [-0.3, -0.25) is 4.90 Å². The van der Waals surface area contributed by atoms with Crippen LogP contribution in [0.5, 0.6) is 11.5 Å². The summed E-state index contributed by atoms with van der Waals surface area (Å²) in [6, 6.07) is 8.24. The Morgan fingerprint density at radius 3 is 2.70 bits per heavy atom. The number of hydrogen-bond donors (Lipinski definition) is 2. The van der Waals surface area contributed by atoms with Crippen LogP contribution >= 0.6 is 11.6 Å². The molecule has 0 atom stereocenters. The number of nitrogens with zero attached hydrogens (tertiary/aromatic N) is 2. The molecule has 23 heavy (non-hydrogen) atoms. The normalized spacial score (nSPS) is 10.2. The van der Waals surface area contributed by atoms with Gasteiger partial charge in [0.2, 0.25) is 0 Å². The minimum Gasteiger partial charge on any atom is -0.457 e. The molecule has 0 fully saturated rings. The van der Waals surface area contributed by atoms with Crippen molar-refractivity contribution >= 4 is 29.1 Å². The molecule has 0 unspecified atom stereocenters. The number of pyridine rings is 1. The lowest BCUT2D eigenvalue weighted by Gasteiger charge is -2.20. The second-order valence-electron chi connectivity index (χ2n) is 4.71. The van der Waals surface area contributed by atoms with Crippen LogP contribution in [0.3, 0.4) is 0 Å². The van der Waals surface area contributed by atoms with Gasteiger partial charge in [0.1, 0.15) is 17.3 Å². The lowest BCUT2D eigenvalue weighted by molar-refractivity contribution is 0.247. The van der Waals surface area contributed by atoms with E-state index in [-0.39, 0.29) is 6.03 Å². The van der Waals surface area contributed by atoms with Crippen molar-refractivity contribution in [1.29, 1.82) is 0 Å². The number of benzene rings is 1. The number of rotatable bonds is 5. The fraction of sp³-hybridized carbons (Fsp3) is 0.250. The maximum Gasteiger partial charge on any atom is 0.323 e. The number of nitrogens with one attached hydrogen (secondary N) is 1. The van der Waals surface area contributed by atoms with E-state index in [4.69, 9.17) is 22.1 Å². The van der Waals surface area contributed by atoms with Gasteiger partial charge < -0.3 is 15.8 Å². The summed E-state index contributed by atoms with van der Waals surface area (Å²) < 4.78 is 5.75. The third-order valence-corrected chi connectivity index (χ3v) is 3.42. The highest BCUT2D eigenvalue weighted by Crippen LogP contribution is 2.29. The molecular formula is C16H19ClN4O2. The number of carbonyl (C=O) groups is 1. The number of urea groups is 1. The first-order valence-electron chi connectivity index (χ1n) is 7.29. The van der Waals surface area contributed by atoms with E-state index in [1.807, 2.05) is 13.8 Å². The third kappa shape index (κ3) is 4.26. The average Bonchev–Trinajstić information content (AvgIpc) is 2.52. The van der Waals surface area contributed by atoms with Crippen molar-refractivity contribution in [3.63, 3.8) is 0 Å². The van der Waals surface area contributed by atoms with Gasteiger partial charge in [-0.1, -0.05) is 11.6 Å². The smallest absolute Gasteiger partial charge is 0.323 e. The molecule has 7 heteroatoms. The minimum atomic E-state index is -0.199. The second-order valence-corrected chi connectivity index (χ2v) is 5.12. The fourth-order valence-electron chi connectivity index (χ4n) is 1.97. The van der Waals surface area contributed by atoms with Crippen molar-refractivity contribution in [2.45, 2.75) is 13.8 Å². The van der Waals surface area contributed by atoms with Gasteiger partial charge >= 0.3 is 6.03 Å². The first kappa shape index (κ1) is 16.9. The molecule has 1 aromatic heterocycles. The number of carbonyl (C=O) groups excluding carboxylic acids is 1. The largest absolute Gasteiger partial charge is 0.457 e. The molecule has 2 amide bonds. The van der Waals surface area contributed by atoms with Crippen LogP contribution in [-0.2, 0) is 0 Å². The summed E-state index contributed by atoms with van der Waals surface area (Å²) >= 11 is 5.98. The molecule has 0 aliphatic rings. The summed E-state index contributed by atoms with van der Waals surface area (Å²) in [5.41, 5.74) is 6.17. The van der Waals surface area contributed by atoms with Crippen molar-refractivity contribution in [2.24, 2.45) is 0 Å². The van der Waals surface area contributed by atoms with Gasteiger partial charge in [-0.25, -0.2) is 9.78 Å². The van der Waals surface area contributed by atoms with Crippen LogP contribution < -0.4 is 20.7 Å². The van der Waals surface area contributed by atoms with Gasteiger partial charge in [0.05, 0.1) is 10.7 Å². The first-order valence-corrected chi connectivity index (χ1v) is 7.67. The predicted octanol–water partition coefficient (Wildman–Crippen LogP) is 3.67. The molecule has 0 aliphatic heterocycles. The van der Waals surface area contributed by atoms with E-state index in [1.54, 1.807) is 36.5 Å². The van der Waals surface area contributed by atoms with E-state index in [2.05, 4.69) is 10.3 Å². The molecule has 2 aromatic rings. The van der Waals surface area contributed by atoms with E-state index >= 15 is 0 Å². The summed E-state index contributed by atoms with van der Waals surface area (Å²) in [5, 5.41) is 3.18. The van der Waals surface area contributed by atoms with Crippen LogP contribution in [0.4, 0.5) is 16.3 Å². The predicted molar refractivity (Wildman–Crippen MR) is 92.3 cm³/mol. The van der Waals surface area contributed by atoms with E-state index in [9.17, 15) is 4.79 Å². The number of nitrogen functional groups attached to an aromatic ring is 1. The molecule has 0 aliphatic carbocycles. The number of aromatic nitrogens is 1. The lowest BCUT2D eigenvalue weighted by atomic mass is 10.3. The Labute approximate surface area is 140 Å². The SMILES string of the molecule is CCNC(=O)N(CC)c1cc(Oc2ccc(N)c(Cl)c2)ccn1. The number of ether oxygens (including phenoxy) is 1. The summed E-state index contributed by atoms with van der Waals surface area (Å²) in [5.74, 6) is 1.62. The third-order valence-electron chi connectivity index (χ3n) is 3.09. The second kappa shape index (κ2) is 7.69. The molecule has 1 heterocycles. The Morgan fingerprint density at radius 1 is 1.30 bits per heavy atom. The maximum absolute atomic E-state index is 12.0. The Kier molecular flexibility index (Phi) is 5.65. The molecule has 3 N–H and O–H groups in total. The van der Waals surface area contributed by atoms with Crippen LogP contribution in [-0.4, -0.2) is 24.1 Å². The number of anilines is 2. The van der Waals surface area contributed by atoms with Gasteiger partial charge in [0.25, 0.3) is 0 Å². The molecule has 2 rings (SSSR count). The van der Waals surface area contributed by atoms with Crippen molar-refractivity contribution in [1.82, 2.24) is 10.3 Å². The number of halogens is 1. The monoisotopic (exact) mass is 334 g/mol. The van der Waals surface area contributed by atoms with Crippen LogP contribution in [0.25, 0.3) is 0 Å². The van der Waals surface area contributed by atoms with E-state index in [1.165, 1.54) is 4.90 Å². The molecule has 0 saturated carbocycles. The van der Waals surface area contributed by atoms with Crippen LogP contribution in [0, 0.1) is 0 Å². The zero-order valence-corrected chi connectivity index (χ0v) is 13.8. The minimum absolute atomic E-state index is 0.199. The molecule has 0 radical (unpaired) electrons. The van der Waals surface area contributed by atoms with Crippen molar-refractivity contribution < 1.29 is 9.53 Å². The zero-order chi connectivity index (χ0) is 16.8. The maximum atomic E-state index is 12.0. The summed E-state index contributed by atoms with van der Waals surface area (Å²) in [7, 11) is 0. The van der Waals surface area contributed by atoms with Gasteiger partial charge in [-0.15, -0.1) is 0 Å². The Bertz CT molecular complexity index is 694. The van der Waals surface area contributed by atoms with Gasteiger partial charge in [-0.05, 0) is 32.0 Å². The van der Waals surface area contributed by atoms with Crippen LogP contribution in [0.2, 0.25) is 5.02 Å². The zero-order valence-electron chi connectivity index (χ0n) is 13.0. The Morgan fingerprint density at radius 2 is 2.04 bits per heavy atom. The van der Waals surface area contributed by atoms with Crippen LogP contribution in [0.1, 0.15) is 13.8 Å². The van der Waals surface area contributed by atoms with E-state index < -0.39 is 0 Å². The quantitative estimate of drug-likeness (QED) is 0.817. The van der Waals surface area contributed by atoms with E-state index in [0.29, 0.717) is 41.1 Å². The average molecular weight is 335 g/mol. The molecular weight excluding hydrogens is 316 g/mol. The fourth-order valence-corrected chi connectivity index (χ4v) is 2.15. The van der Waals surface area contributed by atoms with Crippen molar-refractivity contribution in [3.8, 4) is 11.5 Å². The van der Waals surface area contributed by atoms with Crippen LogP contribution in [0.15, 0.2) is 36.5 Å². The Hall–Kier alpha value is -2.47. The first-order chi connectivity index (χ1) is 11.0. The van der Waals surface area contributed by atoms with Crippen molar-refractivity contribution in [3.05, 3.63) is 41.6 Å². The van der Waals surface area contributed by atoms with Gasteiger partial charge in [0, 0.05) is 31.4 Å². The van der Waals surface area contributed by atoms with Gasteiger partial charge in [0.15, 0.2) is 0 Å². The number of amides is 2. The Balaban J connectivity index is 2.21. The standard InChI is InChI=1S/C16H19ClN4O2/c1-3-19-16(22)21(4-2)15-10-12(7-8-20-15)23-11-5-6-14(18)13(17)9-11/h5-10H,3-4,18H2,1-2H3,(H,19,22). The number of hydrogen-bond acceptors (Lipinski definition) is 4. The number of nitrogens with two attached hydrogens (primary N) is 1.